The lowest BCUT2D eigenvalue weighted by Crippen LogP contribution is -2.04. The number of carbonyl (C=O) groups excluding carboxylic acids is 1. The van der Waals surface area contributed by atoms with Gasteiger partial charge in [-0.15, -0.1) is 11.3 Å². The molecule has 0 aliphatic carbocycles. The molecule has 0 fully saturated rings. The summed E-state index contributed by atoms with van der Waals surface area (Å²) in [6.07, 6.45) is 2.88. The topological polar surface area (TPSA) is 52.1 Å². The number of nitrogens with zero attached hydrogens (tertiary/aromatic N) is 2. The third-order valence-electron chi connectivity index (χ3n) is 2.58. The largest absolute Gasteiger partial charge is 0.469 e. The lowest BCUT2D eigenvalue weighted by molar-refractivity contribution is -0.139. The smallest absolute Gasteiger partial charge is 0.311 e. The summed E-state index contributed by atoms with van der Waals surface area (Å²) in [5, 5.41) is 2.73. The van der Waals surface area contributed by atoms with Crippen molar-refractivity contribution >= 4 is 17.3 Å². The van der Waals surface area contributed by atoms with Gasteiger partial charge < -0.3 is 4.74 Å². The Labute approximate surface area is 110 Å². The molecule has 0 amide bonds. The maximum Gasteiger partial charge on any atom is 0.311 e. The van der Waals surface area contributed by atoms with E-state index in [9.17, 15) is 4.79 Å². The van der Waals surface area contributed by atoms with Gasteiger partial charge >= 0.3 is 5.97 Å². The molecule has 0 radical (unpaired) electrons. The summed E-state index contributed by atoms with van der Waals surface area (Å²) in [7, 11) is 1.38. The Hall–Kier alpha value is -1.75. The van der Waals surface area contributed by atoms with Gasteiger partial charge in [0.15, 0.2) is 0 Å². The van der Waals surface area contributed by atoms with Gasteiger partial charge in [0.05, 0.1) is 19.2 Å². The zero-order valence-corrected chi connectivity index (χ0v) is 11.2. The van der Waals surface area contributed by atoms with Crippen LogP contribution in [0.5, 0.6) is 0 Å². The molecule has 0 N–H and O–H groups in total. The number of hydrogen-bond acceptors (Lipinski definition) is 5. The minimum absolute atomic E-state index is 0.210. The van der Waals surface area contributed by atoms with Crippen LogP contribution in [0, 0.1) is 0 Å². The van der Waals surface area contributed by atoms with Gasteiger partial charge in [-0.05, 0) is 18.1 Å². The van der Waals surface area contributed by atoms with Crippen LogP contribution in [0.3, 0.4) is 0 Å². The maximum atomic E-state index is 11.2. The molecular weight excluding hydrogens is 248 g/mol. The number of rotatable bonds is 4. The molecular formula is C13H14N2O2S. The number of methoxy groups -OCH3 is 1. The normalized spacial score (nSPS) is 10.3. The van der Waals surface area contributed by atoms with E-state index in [1.165, 1.54) is 18.4 Å². The molecule has 0 unspecified atom stereocenters. The fourth-order valence-electron chi connectivity index (χ4n) is 1.63. The molecule has 0 aliphatic rings. The molecule has 2 heterocycles. The number of ether oxygens (including phenoxy) is 1. The fourth-order valence-corrected chi connectivity index (χ4v) is 2.48. The molecule has 2 aromatic rings. The summed E-state index contributed by atoms with van der Waals surface area (Å²) >= 11 is 1.50. The van der Waals surface area contributed by atoms with Gasteiger partial charge in [-0.3, -0.25) is 9.78 Å². The quantitative estimate of drug-likeness (QED) is 0.794. The van der Waals surface area contributed by atoms with Gasteiger partial charge in [-0.1, -0.05) is 13.0 Å². The highest BCUT2D eigenvalue weighted by Gasteiger charge is 2.11. The molecule has 5 heteroatoms. The Morgan fingerprint density at radius 2 is 2.33 bits per heavy atom. The summed E-state index contributed by atoms with van der Waals surface area (Å²) < 4.78 is 4.62. The van der Waals surface area contributed by atoms with E-state index in [-0.39, 0.29) is 12.4 Å². The standard InChI is InChI=1S/C13H14N2O2S/c1-3-9-5-4-6-14-12(9)13-15-10(8-18-13)7-11(16)17-2/h4-6,8H,3,7H2,1-2H3. The van der Waals surface area contributed by atoms with Crippen LogP contribution in [0.1, 0.15) is 18.2 Å². The Balaban J connectivity index is 2.26. The Kier molecular flexibility index (Phi) is 4.04. The molecule has 0 saturated carbocycles. The summed E-state index contributed by atoms with van der Waals surface area (Å²) in [5.41, 5.74) is 2.80. The molecule has 0 aliphatic heterocycles. The molecule has 2 rings (SSSR count). The fraction of sp³-hybridized carbons (Fsp3) is 0.308. The second-order valence-electron chi connectivity index (χ2n) is 3.76. The zero-order valence-electron chi connectivity index (χ0n) is 10.3. The van der Waals surface area contributed by atoms with Gasteiger partial charge in [-0.25, -0.2) is 4.98 Å². The average molecular weight is 262 g/mol. The second-order valence-corrected chi connectivity index (χ2v) is 4.62. The molecule has 2 aromatic heterocycles. The van der Waals surface area contributed by atoms with Crippen LogP contribution in [-0.4, -0.2) is 23.0 Å². The first kappa shape index (κ1) is 12.7. The van der Waals surface area contributed by atoms with E-state index in [4.69, 9.17) is 0 Å². The van der Waals surface area contributed by atoms with Crippen LogP contribution in [0.15, 0.2) is 23.7 Å². The van der Waals surface area contributed by atoms with E-state index < -0.39 is 0 Å². The number of aromatic nitrogens is 2. The number of carbonyl (C=O) groups is 1. The van der Waals surface area contributed by atoms with E-state index in [0.29, 0.717) is 0 Å². The van der Waals surface area contributed by atoms with Crippen molar-refractivity contribution in [3.05, 3.63) is 35.0 Å². The Morgan fingerprint density at radius 3 is 3.06 bits per heavy atom. The van der Waals surface area contributed by atoms with E-state index in [1.54, 1.807) is 6.20 Å². The van der Waals surface area contributed by atoms with Crippen LogP contribution < -0.4 is 0 Å². The summed E-state index contributed by atoms with van der Waals surface area (Å²) in [6.45, 7) is 2.09. The van der Waals surface area contributed by atoms with Crippen molar-refractivity contribution in [3.8, 4) is 10.7 Å². The number of thiazole rings is 1. The maximum absolute atomic E-state index is 11.2. The van der Waals surface area contributed by atoms with E-state index in [1.807, 2.05) is 17.5 Å². The summed E-state index contributed by atoms with van der Waals surface area (Å²) in [6, 6.07) is 3.97. The SMILES string of the molecule is CCc1cccnc1-c1nc(CC(=O)OC)cs1. The minimum atomic E-state index is -0.274. The Morgan fingerprint density at radius 1 is 1.50 bits per heavy atom. The van der Waals surface area contributed by atoms with Gasteiger partial charge in [0, 0.05) is 11.6 Å². The third kappa shape index (κ3) is 2.73. The molecule has 94 valence electrons. The number of aryl methyl sites for hydroxylation is 1. The molecule has 4 nitrogen and oxygen atoms in total. The average Bonchev–Trinajstić information content (AvgIpc) is 2.86. The number of hydrogen-bond donors (Lipinski definition) is 0. The highest BCUT2D eigenvalue weighted by Crippen LogP contribution is 2.25. The van der Waals surface area contributed by atoms with Crippen LogP contribution in [0.4, 0.5) is 0 Å². The van der Waals surface area contributed by atoms with E-state index >= 15 is 0 Å². The van der Waals surface area contributed by atoms with Crippen LogP contribution in [-0.2, 0) is 22.4 Å². The second kappa shape index (κ2) is 5.73. The first-order chi connectivity index (χ1) is 8.74. The molecule has 0 saturated heterocycles. The zero-order chi connectivity index (χ0) is 13.0. The lowest BCUT2D eigenvalue weighted by atomic mass is 10.1. The molecule has 0 aromatic carbocycles. The highest BCUT2D eigenvalue weighted by atomic mass is 32.1. The molecule has 0 bridgehead atoms. The monoisotopic (exact) mass is 262 g/mol. The number of esters is 1. The van der Waals surface area contributed by atoms with Gasteiger partial charge in [0.25, 0.3) is 0 Å². The molecule has 18 heavy (non-hydrogen) atoms. The first-order valence-corrected chi connectivity index (χ1v) is 6.58. The lowest BCUT2D eigenvalue weighted by Gasteiger charge is -2.02. The van der Waals surface area contributed by atoms with E-state index in [0.717, 1.165) is 28.4 Å². The van der Waals surface area contributed by atoms with Gasteiger partial charge in [0.1, 0.15) is 10.7 Å². The van der Waals surface area contributed by atoms with Crippen LogP contribution in [0.25, 0.3) is 10.7 Å². The van der Waals surface area contributed by atoms with Crippen LogP contribution >= 0.6 is 11.3 Å². The first-order valence-electron chi connectivity index (χ1n) is 5.70. The molecule has 0 atom stereocenters. The minimum Gasteiger partial charge on any atom is -0.469 e. The Bertz CT molecular complexity index is 551. The predicted octanol–water partition coefficient (Wildman–Crippen LogP) is 2.48. The van der Waals surface area contributed by atoms with Crippen molar-refractivity contribution in [1.82, 2.24) is 9.97 Å². The third-order valence-corrected chi connectivity index (χ3v) is 3.48. The van der Waals surface area contributed by atoms with Crippen LogP contribution in [0.2, 0.25) is 0 Å². The van der Waals surface area contributed by atoms with Crippen molar-refractivity contribution < 1.29 is 9.53 Å². The van der Waals surface area contributed by atoms with Gasteiger partial charge in [-0.2, -0.15) is 0 Å². The van der Waals surface area contributed by atoms with Crippen molar-refractivity contribution in [1.29, 1.82) is 0 Å². The van der Waals surface area contributed by atoms with Gasteiger partial charge in [0.2, 0.25) is 0 Å². The number of pyridine rings is 1. The molecule has 0 spiro atoms. The van der Waals surface area contributed by atoms with Crippen molar-refractivity contribution in [2.45, 2.75) is 19.8 Å². The summed E-state index contributed by atoms with van der Waals surface area (Å²) in [5.74, 6) is -0.274. The van der Waals surface area contributed by atoms with Crippen molar-refractivity contribution in [2.24, 2.45) is 0 Å². The van der Waals surface area contributed by atoms with Crippen molar-refractivity contribution in [2.75, 3.05) is 7.11 Å². The van der Waals surface area contributed by atoms with E-state index in [2.05, 4.69) is 21.6 Å². The summed E-state index contributed by atoms with van der Waals surface area (Å²) in [4.78, 5) is 20.0. The van der Waals surface area contributed by atoms with Crippen molar-refractivity contribution in [3.63, 3.8) is 0 Å². The predicted molar refractivity (Wildman–Crippen MR) is 70.4 cm³/mol. The highest BCUT2D eigenvalue weighted by molar-refractivity contribution is 7.13.